The Hall–Kier alpha value is -0.860. The highest BCUT2D eigenvalue weighted by atomic mass is 16.6. The van der Waals surface area contributed by atoms with Crippen molar-refractivity contribution >= 4 is 0 Å². The molecule has 0 amide bonds. The van der Waals surface area contributed by atoms with E-state index in [0.29, 0.717) is 0 Å². The van der Waals surface area contributed by atoms with E-state index < -0.39 is 0 Å². The zero-order valence-corrected chi connectivity index (χ0v) is 8.29. The quantitative estimate of drug-likeness (QED) is 0.554. The van der Waals surface area contributed by atoms with Crippen LogP contribution in [0.4, 0.5) is 0 Å². The van der Waals surface area contributed by atoms with Crippen molar-refractivity contribution in [2.75, 3.05) is 6.61 Å². The highest BCUT2D eigenvalue weighted by Gasteiger charge is 2.02. The van der Waals surface area contributed by atoms with Crippen molar-refractivity contribution in [1.29, 1.82) is 0 Å². The highest BCUT2D eigenvalue weighted by Crippen LogP contribution is 2.10. The Kier molecular flexibility index (Phi) is 4.50. The van der Waals surface area contributed by atoms with Crippen molar-refractivity contribution in [3.05, 3.63) is 35.9 Å². The SMILES string of the molecule is CCCONC(C)c1ccccc1. The van der Waals surface area contributed by atoms with Crippen LogP contribution in [0.25, 0.3) is 0 Å². The third kappa shape index (κ3) is 3.57. The summed E-state index contributed by atoms with van der Waals surface area (Å²) in [4.78, 5) is 5.25. The van der Waals surface area contributed by atoms with E-state index in [0.717, 1.165) is 13.0 Å². The zero-order chi connectivity index (χ0) is 9.52. The lowest BCUT2D eigenvalue weighted by molar-refractivity contribution is 0.0200. The molecule has 2 heteroatoms. The van der Waals surface area contributed by atoms with Gasteiger partial charge in [0, 0.05) is 0 Å². The second kappa shape index (κ2) is 5.73. The van der Waals surface area contributed by atoms with Crippen molar-refractivity contribution in [3.63, 3.8) is 0 Å². The van der Waals surface area contributed by atoms with Crippen LogP contribution >= 0.6 is 0 Å². The van der Waals surface area contributed by atoms with Crippen molar-refractivity contribution in [3.8, 4) is 0 Å². The summed E-state index contributed by atoms with van der Waals surface area (Å²) in [6, 6.07) is 10.5. The number of hydrogen-bond acceptors (Lipinski definition) is 2. The molecule has 1 rings (SSSR count). The van der Waals surface area contributed by atoms with Crippen LogP contribution in [0.5, 0.6) is 0 Å². The van der Waals surface area contributed by atoms with Crippen molar-refractivity contribution in [1.82, 2.24) is 5.48 Å². The molecule has 0 heterocycles. The lowest BCUT2D eigenvalue weighted by atomic mass is 10.1. The molecule has 0 saturated heterocycles. The minimum absolute atomic E-state index is 0.257. The second-order valence-electron chi connectivity index (χ2n) is 3.10. The molecule has 0 aliphatic heterocycles. The molecular weight excluding hydrogens is 162 g/mol. The normalized spacial score (nSPS) is 12.8. The zero-order valence-electron chi connectivity index (χ0n) is 8.29. The Bertz CT molecular complexity index is 223. The van der Waals surface area contributed by atoms with Crippen LogP contribution in [0.3, 0.4) is 0 Å². The molecule has 1 atom stereocenters. The van der Waals surface area contributed by atoms with Crippen molar-refractivity contribution in [2.24, 2.45) is 0 Å². The van der Waals surface area contributed by atoms with E-state index in [-0.39, 0.29) is 6.04 Å². The lowest BCUT2D eigenvalue weighted by Crippen LogP contribution is -2.19. The van der Waals surface area contributed by atoms with E-state index in [1.807, 2.05) is 18.2 Å². The molecule has 1 unspecified atom stereocenters. The van der Waals surface area contributed by atoms with Crippen LogP contribution in [0.15, 0.2) is 30.3 Å². The number of nitrogens with one attached hydrogen (secondary N) is 1. The van der Waals surface area contributed by atoms with Gasteiger partial charge in [0.05, 0.1) is 12.6 Å². The molecule has 0 saturated carbocycles. The maximum atomic E-state index is 5.25. The first kappa shape index (κ1) is 10.2. The van der Waals surface area contributed by atoms with Crippen LogP contribution in [-0.2, 0) is 4.84 Å². The van der Waals surface area contributed by atoms with E-state index in [1.54, 1.807) is 0 Å². The Balaban J connectivity index is 2.35. The van der Waals surface area contributed by atoms with Gasteiger partial charge < -0.3 is 4.84 Å². The molecule has 0 bridgehead atoms. The summed E-state index contributed by atoms with van der Waals surface area (Å²) < 4.78 is 0. The second-order valence-corrected chi connectivity index (χ2v) is 3.10. The topological polar surface area (TPSA) is 21.3 Å². The van der Waals surface area contributed by atoms with E-state index in [1.165, 1.54) is 5.56 Å². The van der Waals surface area contributed by atoms with Gasteiger partial charge in [0.2, 0.25) is 0 Å². The van der Waals surface area contributed by atoms with E-state index in [9.17, 15) is 0 Å². The van der Waals surface area contributed by atoms with Gasteiger partial charge in [-0.15, -0.1) is 0 Å². The van der Waals surface area contributed by atoms with Gasteiger partial charge in [-0.1, -0.05) is 37.3 Å². The van der Waals surface area contributed by atoms with Gasteiger partial charge in [-0.25, -0.2) is 0 Å². The molecule has 0 radical (unpaired) electrons. The largest absolute Gasteiger partial charge is 0.301 e. The van der Waals surface area contributed by atoms with Crippen LogP contribution in [0.2, 0.25) is 0 Å². The molecule has 13 heavy (non-hydrogen) atoms. The maximum absolute atomic E-state index is 5.25. The molecule has 0 aliphatic carbocycles. The van der Waals surface area contributed by atoms with Gasteiger partial charge >= 0.3 is 0 Å². The molecule has 1 aromatic carbocycles. The van der Waals surface area contributed by atoms with E-state index >= 15 is 0 Å². The molecule has 0 spiro atoms. The Morgan fingerprint density at radius 3 is 2.62 bits per heavy atom. The molecule has 0 aliphatic rings. The summed E-state index contributed by atoms with van der Waals surface area (Å²) in [5, 5.41) is 0. The molecule has 72 valence electrons. The Morgan fingerprint density at radius 2 is 2.00 bits per heavy atom. The van der Waals surface area contributed by atoms with Gasteiger partial charge in [-0.2, -0.15) is 5.48 Å². The van der Waals surface area contributed by atoms with E-state index in [2.05, 4.69) is 31.5 Å². The summed E-state index contributed by atoms with van der Waals surface area (Å²) in [7, 11) is 0. The number of hydroxylamine groups is 1. The van der Waals surface area contributed by atoms with Crippen LogP contribution in [0, 0.1) is 0 Å². The molecular formula is C11H17NO. The molecule has 2 nitrogen and oxygen atoms in total. The van der Waals surface area contributed by atoms with Gasteiger partial charge in [-0.3, -0.25) is 0 Å². The molecule has 0 aromatic heterocycles. The van der Waals surface area contributed by atoms with Crippen LogP contribution < -0.4 is 5.48 Å². The average molecular weight is 179 g/mol. The van der Waals surface area contributed by atoms with Gasteiger partial charge in [0.1, 0.15) is 0 Å². The Labute approximate surface area is 79.9 Å². The number of rotatable bonds is 5. The third-order valence-corrected chi connectivity index (χ3v) is 1.87. The van der Waals surface area contributed by atoms with Gasteiger partial charge in [-0.05, 0) is 18.9 Å². The van der Waals surface area contributed by atoms with Gasteiger partial charge in [0.25, 0.3) is 0 Å². The van der Waals surface area contributed by atoms with Gasteiger partial charge in [0.15, 0.2) is 0 Å². The first-order valence-corrected chi connectivity index (χ1v) is 4.77. The predicted octanol–water partition coefficient (Wildman–Crippen LogP) is 2.68. The standard InChI is InChI=1S/C11H17NO/c1-3-9-13-12-10(2)11-7-5-4-6-8-11/h4-8,10,12H,3,9H2,1-2H3. The fraction of sp³-hybridized carbons (Fsp3) is 0.455. The third-order valence-electron chi connectivity index (χ3n) is 1.87. The monoisotopic (exact) mass is 179 g/mol. The fourth-order valence-corrected chi connectivity index (χ4v) is 1.10. The molecule has 1 N–H and O–H groups in total. The Morgan fingerprint density at radius 1 is 1.31 bits per heavy atom. The smallest absolute Gasteiger partial charge is 0.0679 e. The number of hydrogen-bond donors (Lipinski definition) is 1. The molecule has 1 aromatic rings. The fourth-order valence-electron chi connectivity index (χ4n) is 1.10. The van der Waals surface area contributed by atoms with Crippen molar-refractivity contribution < 1.29 is 4.84 Å². The van der Waals surface area contributed by atoms with E-state index in [4.69, 9.17) is 4.84 Å². The summed E-state index contributed by atoms with van der Waals surface area (Å²) >= 11 is 0. The summed E-state index contributed by atoms with van der Waals surface area (Å²) in [6.07, 6.45) is 1.04. The van der Waals surface area contributed by atoms with Crippen LogP contribution in [0.1, 0.15) is 31.9 Å². The lowest BCUT2D eigenvalue weighted by Gasteiger charge is -2.13. The number of benzene rings is 1. The molecule has 0 fully saturated rings. The minimum atomic E-state index is 0.257. The first-order valence-electron chi connectivity index (χ1n) is 4.77. The average Bonchev–Trinajstić information content (AvgIpc) is 2.19. The summed E-state index contributed by atoms with van der Waals surface area (Å²) in [6.45, 7) is 4.94. The summed E-state index contributed by atoms with van der Waals surface area (Å²) in [5.41, 5.74) is 4.25. The van der Waals surface area contributed by atoms with Crippen LogP contribution in [-0.4, -0.2) is 6.61 Å². The van der Waals surface area contributed by atoms with Crippen molar-refractivity contribution in [2.45, 2.75) is 26.3 Å². The summed E-state index contributed by atoms with van der Waals surface area (Å²) in [5.74, 6) is 0. The highest BCUT2D eigenvalue weighted by molar-refractivity contribution is 5.17. The predicted molar refractivity (Wildman–Crippen MR) is 54.2 cm³/mol. The maximum Gasteiger partial charge on any atom is 0.0679 e. The first-order chi connectivity index (χ1) is 6.34. The minimum Gasteiger partial charge on any atom is -0.301 e.